The van der Waals surface area contributed by atoms with E-state index in [9.17, 15) is 18.4 Å². The van der Waals surface area contributed by atoms with E-state index < -0.39 is 30.2 Å². The first kappa shape index (κ1) is 33.4. The second-order valence-corrected chi connectivity index (χ2v) is 12.4. The van der Waals surface area contributed by atoms with Crippen LogP contribution in [0, 0.1) is 18.6 Å². The molecule has 0 bridgehead atoms. The van der Waals surface area contributed by atoms with Gasteiger partial charge < -0.3 is 30.7 Å². The van der Waals surface area contributed by atoms with Crippen LogP contribution in [0.5, 0.6) is 5.75 Å². The zero-order valence-electron chi connectivity index (χ0n) is 25.4. The van der Waals surface area contributed by atoms with Crippen molar-refractivity contribution in [2.45, 2.75) is 32.2 Å². The number of ether oxygens (including phenoxy) is 2. The number of benzene rings is 2. The van der Waals surface area contributed by atoms with Crippen LogP contribution < -0.4 is 26.0 Å². The number of nitrogens with one attached hydrogen (secondary N) is 2. The Morgan fingerprint density at radius 1 is 1.04 bits per heavy atom. The number of nitrogens with two attached hydrogens (primary N) is 1. The number of carbonyl (C=O) groups excluding carboxylic acids is 2. The van der Waals surface area contributed by atoms with E-state index in [1.54, 1.807) is 16.7 Å². The fourth-order valence-corrected chi connectivity index (χ4v) is 6.60. The van der Waals surface area contributed by atoms with E-state index in [2.05, 4.69) is 25.5 Å². The fraction of sp³-hybridized carbons (Fsp3) is 0.375. The number of rotatable bonds is 14. The van der Waals surface area contributed by atoms with Crippen molar-refractivity contribution in [2.75, 3.05) is 50.9 Å². The van der Waals surface area contributed by atoms with E-state index in [4.69, 9.17) is 15.2 Å². The standard InChI is InChI=1S/C32H36F2N6O4S2/c1-20-31(46-19-38-20)22-6-4-21(5-7-22)25(35)16-27(41)36-10-2-3-11-37-28(42)17-44-30-23(8-9-24(33)29(30)34)26-18-45-32(39-26)40-12-14-43-15-13-40/h4-9,18-19,25H,2-3,10-17,35H2,1H3,(H,36,41)(H,37,42)/t25-/m0/s1. The molecule has 0 aliphatic carbocycles. The highest BCUT2D eigenvalue weighted by atomic mass is 32.1. The summed E-state index contributed by atoms with van der Waals surface area (Å²) in [6.45, 7) is 4.81. The van der Waals surface area contributed by atoms with Gasteiger partial charge in [-0.15, -0.1) is 22.7 Å². The number of hydrogen-bond donors (Lipinski definition) is 3. The third-order valence-corrected chi connectivity index (χ3v) is 9.33. The molecule has 0 radical (unpaired) electrons. The molecule has 14 heteroatoms. The lowest BCUT2D eigenvalue weighted by atomic mass is 10.0. The van der Waals surface area contributed by atoms with Gasteiger partial charge in [0.25, 0.3) is 5.91 Å². The molecule has 1 atom stereocenters. The molecule has 5 rings (SSSR count). The Balaban J connectivity index is 1.01. The lowest BCUT2D eigenvalue weighted by molar-refractivity contribution is -0.123. The van der Waals surface area contributed by atoms with Crippen molar-refractivity contribution in [1.29, 1.82) is 0 Å². The van der Waals surface area contributed by atoms with Crippen LogP contribution in [-0.2, 0) is 14.3 Å². The smallest absolute Gasteiger partial charge is 0.257 e. The van der Waals surface area contributed by atoms with Crippen molar-refractivity contribution in [3.63, 3.8) is 0 Å². The quantitative estimate of drug-likeness (QED) is 0.163. The Kier molecular flexibility index (Phi) is 11.6. The average Bonchev–Trinajstić information content (AvgIpc) is 3.73. The van der Waals surface area contributed by atoms with Gasteiger partial charge in [-0.25, -0.2) is 14.4 Å². The summed E-state index contributed by atoms with van der Waals surface area (Å²) in [5.41, 5.74) is 11.7. The van der Waals surface area contributed by atoms with Crippen LogP contribution in [0.1, 0.15) is 36.6 Å². The van der Waals surface area contributed by atoms with Crippen molar-refractivity contribution in [3.8, 4) is 27.4 Å². The zero-order valence-corrected chi connectivity index (χ0v) is 27.0. The summed E-state index contributed by atoms with van der Waals surface area (Å²) in [6, 6.07) is 9.83. The number of carbonyl (C=O) groups is 2. The number of halogens is 2. The first-order valence-electron chi connectivity index (χ1n) is 15.0. The van der Waals surface area contributed by atoms with Gasteiger partial charge in [-0.3, -0.25) is 9.59 Å². The van der Waals surface area contributed by atoms with E-state index >= 15 is 0 Å². The SMILES string of the molecule is Cc1ncsc1-c1ccc([C@@H](N)CC(=O)NCCCCNC(=O)COc2c(-c3csc(N4CCOCC4)n3)ccc(F)c2F)cc1. The predicted molar refractivity (Wildman–Crippen MR) is 175 cm³/mol. The summed E-state index contributed by atoms with van der Waals surface area (Å²) in [5.74, 6) is -3.25. The fourth-order valence-electron chi connectivity index (χ4n) is 4.91. The maximum absolute atomic E-state index is 14.7. The normalized spacial score (nSPS) is 13.8. The van der Waals surface area contributed by atoms with E-state index in [0.29, 0.717) is 57.9 Å². The molecule has 1 fully saturated rings. The van der Waals surface area contributed by atoms with Gasteiger partial charge in [0.05, 0.1) is 35.0 Å². The Bertz CT molecular complexity index is 1630. The highest BCUT2D eigenvalue weighted by molar-refractivity contribution is 7.14. The number of nitrogens with zero attached hydrogens (tertiary/aromatic N) is 3. The summed E-state index contributed by atoms with van der Waals surface area (Å²) < 4.78 is 39.7. The molecule has 4 aromatic rings. The van der Waals surface area contributed by atoms with Crippen LogP contribution in [0.25, 0.3) is 21.7 Å². The minimum absolute atomic E-state index is 0.154. The summed E-state index contributed by atoms with van der Waals surface area (Å²) in [7, 11) is 0. The Hall–Kier alpha value is -3.98. The molecule has 2 amide bonds. The van der Waals surface area contributed by atoms with E-state index in [0.717, 1.165) is 32.9 Å². The molecule has 4 N–H and O–H groups in total. The van der Waals surface area contributed by atoms with Crippen LogP contribution in [0.4, 0.5) is 13.9 Å². The molecule has 2 aromatic carbocycles. The molecule has 2 aromatic heterocycles. The van der Waals surface area contributed by atoms with Gasteiger partial charge in [0, 0.05) is 49.6 Å². The molecule has 3 heterocycles. The molecule has 0 spiro atoms. The van der Waals surface area contributed by atoms with Crippen molar-refractivity contribution < 1.29 is 27.8 Å². The number of morpholine rings is 1. The first-order chi connectivity index (χ1) is 22.3. The molecule has 10 nitrogen and oxygen atoms in total. The van der Waals surface area contributed by atoms with Crippen LogP contribution in [0.3, 0.4) is 0 Å². The zero-order chi connectivity index (χ0) is 32.5. The minimum Gasteiger partial charge on any atom is -0.480 e. The van der Waals surface area contributed by atoms with Crippen LogP contribution >= 0.6 is 22.7 Å². The van der Waals surface area contributed by atoms with Gasteiger partial charge in [-0.05, 0) is 43.0 Å². The predicted octanol–water partition coefficient (Wildman–Crippen LogP) is 4.84. The topological polar surface area (TPSA) is 132 Å². The maximum atomic E-state index is 14.7. The Labute approximate surface area is 274 Å². The van der Waals surface area contributed by atoms with Gasteiger partial charge in [0.1, 0.15) is 0 Å². The van der Waals surface area contributed by atoms with Crippen LogP contribution in [0.15, 0.2) is 47.3 Å². The Morgan fingerprint density at radius 2 is 1.76 bits per heavy atom. The van der Waals surface area contributed by atoms with E-state index in [1.165, 1.54) is 17.4 Å². The number of thiazole rings is 2. The highest BCUT2D eigenvalue weighted by Gasteiger charge is 2.21. The third kappa shape index (κ3) is 8.63. The molecule has 244 valence electrons. The maximum Gasteiger partial charge on any atom is 0.257 e. The van der Waals surface area contributed by atoms with Gasteiger partial charge in [0.2, 0.25) is 11.7 Å². The monoisotopic (exact) mass is 670 g/mol. The molecular weight excluding hydrogens is 635 g/mol. The van der Waals surface area contributed by atoms with Gasteiger partial charge in [-0.2, -0.15) is 4.39 Å². The van der Waals surface area contributed by atoms with Crippen molar-refractivity contribution >= 4 is 39.6 Å². The largest absolute Gasteiger partial charge is 0.480 e. The highest BCUT2D eigenvalue weighted by Crippen LogP contribution is 2.36. The van der Waals surface area contributed by atoms with E-state index in [1.807, 2.05) is 36.7 Å². The lowest BCUT2D eigenvalue weighted by Crippen LogP contribution is -2.36. The first-order valence-corrected chi connectivity index (χ1v) is 16.7. The molecule has 0 unspecified atom stereocenters. The molecular formula is C32H36F2N6O4S2. The molecule has 1 saturated heterocycles. The summed E-state index contributed by atoms with van der Waals surface area (Å²) in [6.07, 6.45) is 1.38. The number of hydrogen-bond acceptors (Lipinski definition) is 10. The van der Waals surface area contributed by atoms with Gasteiger partial charge in [0.15, 0.2) is 23.3 Å². The number of aromatic nitrogens is 2. The molecule has 46 heavy (non-hydrogen) atoms. The number of unbranched alkanes of at least 4 members (excludes halogenated alkanes) is 1. The molecule has 1 aliphatic heterocycles. The second-order valence-electron chi connectivity index (χ2n) is 10.7. The lowest BCUT2D eigenvalue weighted by Gasteiger charge is -2.26. The van der Waals surface area contributed by atoms with Crippen molar-refractivity contribution in [3.05, 3.63) is 70.2 Å². The molecule has 0 saturated carbocycles. The van der Waals surface area contributed by atoms with Crippen LogP contribution in [0.2, 0.25) is 0 Å². The van der Waals surface area contributed by atoms with E-state index in [-0.39, 0.29) is 23.6 Å². The molecule has 1 aliphatic rings. The van der Waals surface area contributed by atoms with Crippen molar-refractivity contribution in [2.24, 2.45) is 5.73 Å². The van der Waals surface area contributed by atoms with Crippen LogP contribution in [-0.4, -0.2) is 67.8 Å². The number of aryl methyl sites for hydroxylation is 1. The Morgan fingerprint density at radius 3 is 2.46 bits per heavy atom. The summed E-state index contributed by atoms with van der Waals surface area (Å²) in [4.78, 5) is 36.8. The third-order valence-electron chi connectivity index (χ3n) is 7.45. The second kappa shape index (κ2) is 16.0. The van der Waals surface area contributed by atoms with Crippen molar-refractivity contribution in [1.82, 2.24) is 20.6 Å². The van der Waals surface area contributed by atoms with Gasteiger partial charge in [-0.1, -0.05) is 24.3 Å². The average molecular weight is 671 g/mol. The number of anilines is 1. The summed E-state index contributed by atoms with van der Waals surface area (Å²) in [5, 5.41) is 8.06. The number of amides is 2. The van der Waals surface area contributed by atoms with Gasteiger partial charge >= 0.3 is 0 Å². The summed E-state index contributed by atoms with van der Waals surface area (Å²) >= 11 is 2.97. The minimum atomic E-state index is -1.18.